The number of aromatic nitrogens is 2. The number of hydrogen-bond acceptors (Lipinski definition) is 5. The summed E-state index contributed by atoms with van der Waals surface area (Å²) in [6.07, 6.45) is 2.16. The van der Waals surface area contributed by atoms with Crippen molar-refractivity contribution >= 4 is 21.5 Å². The SMILES string of the molecule is CCc1cn[nH]c1NS(=O)(=O)c1ccc([N+](=O)[O-])cc1. The van der Waals surface area contributed by atoms with E-state index >= 15 is 0 Å². The van der Waals surface area contributed by atoms with Gasteiger partial charge in [0.25, 0.3) is 15.7 Å². The zero-order valence-electron chi connectivity index (χ0n) is 10.5. The summed E-state index contributed by atoms with van der Waals surface area (Å²) in [5.74, 6) is 0.297. The van der Waals surface area contributed by atoms with Gasteiger partial charge in [0.2, 0.25) is 0 Å². The Morgan fingerprint density at radius 1 is 1.35 bits per heavy atom. The van der Waals surface area contributed by atoms with Gasteiger partial charge in [-0.05, 0) is 18.6 Å². The number of nitrogens with one attached hydrogen (secondary N) is 2. The Hall–Kier alpha value is -2.42. The molecule has 9 heteroatoms. The Morgan fingerprint density at radius 2 is 2.00 bits per heavy atom. The molecular weight excluding hydrogens is 284 g/mol. The lowest BCUT2D eigenvalue weighted by Gasteiger charge is -2.07. The number of nitro benzene ring substituents is 1. The molecule has 0 unspecified atom stereocenters. The minimum Gasteiger partial charge on any atom is -0.264 e. The maximum absolute atomic E-state index is 12.1. The van der Waals surface area contributed by atoms with Crippen LogP contribution in [-0.2, 0) is 16.4 Å². The maximum atomic E-state index is 12.1. The van der Waals surface area contributed by atoms with Crippen LogP contribution in [0.2, 0.25) is 0 Å². The molecule has 8 nitrogen and oxygen atoms in total. The van der Waals surface area contributed by atoms with Gasteiger partial charge in [-0.3, -0.25) is 19.9 Å². The molecule has 106 valence electrons. The van der Waals surface area contributed by atoms with Gasteiger partial charge in [0.1, 0.15) is 5.82 Å². The van der Waals surface area contributed by atoms with Crippen molar-refractivity contribution < 1.29 is 13.3 Å². The van der Waals surface area contributed by atoms with Gasteiger partial charge < -0.3 is 0 Å². The number of aryl methyl sites for hydroxylation is 1. The van der Waals surface area contributed by atoms with Gasteiger partial charge >= 0.3 is 0 Å². The molecule has 1 aromatic carbocycles. The van der Waals surface area contributed by atoms with Crippen LogP contribution in [0, 0.1) is 10.1 Å². The van der Waals surface area contributed by atoms with Crippen LogP contribution in [-0.4, -0.2) is 23.5 Å². The number of H-pyrrole nitrogens is 1. The first-order valence-electron chi connectivity index (χ1n) is 5.73. The predicted octanol–water partition coefficient (Wildman–Crippen LogP) is 1.68. The van der Waals surface area contributed by atoms with Crippen molar-refractivity contribution in [3.63, 3.8) is 0 Å². The van der Waals surface area contributed by atoms with Crippen molar-refractivity contribution in [1.82, 2.24) is 10.2 Å². The van der Waals surface area contributed by atoms with Crippen LogP contribution in [0.15, 0.2) is 35.4 Å². The number of aromatic amines is 1. The van der Waals surface area contributed by atoms with E-state index in [2.05, 4.69) is 14.9 Å². The fraction of sp³-hybridized carbons (Fsp3) is 0.182. The molecule has 0 radical (unpaired) electrons. The van der Waals surface area contributed by atoms with Gasteiger partial charge in [-0.1, -0.05) is 6.92 Å². The number of rotatable bonds is 5. The average Bonchev–Trinajstić information content (AvgIpc) is 2.85. The van der Waals surface area contributed by atoms with E-state index in [4.69, 9.17) is 0 Å². The lowest BCUT2D eigenvalue weighted by molar-refractivity contribution is -0.384. The van der Waals surface area contributed by atoms with Gasteiger partial charge in [0.15, 0.2) is 0 Å². The van der Waals surface area contributed by atoms with Gasteiger partial charge in [0.05, 0.1) is 16.0 Å². The summed E-state index contributed by atoms with van der Waals surface area (Å²) in [7, 11) is -3.80. The third kappa shape index (κ3) is 2.77. The monoisotopic (exact) mass is 296 g/mol. The molecule has 0 aliphatic heterocycles. The molecule has 20 heavy (non-hydrogen) atoms. The molecule has 0 aliphatic rings. The predicted molar refractivity (Wildman–Crippen MR) is 71.9 cm³/mol. The van der Waals surface area contributed by atoms with Crippen molar-refractivity contribution in [2.24, 2.45) is 0 Å². The molecular formula is C11H12N4O4S. The van der Waals surface area contributed by atoms with E-state index in [1.807, 2.05) is 6.92 Å². The lowest BCUT2D eigenvalue weighted by atomic mass is 10.3. The second-order valence-corrected chi connectivity index (χ2v) is 5.66. The summed E-state index contributed by atoms with van der Waals surface area (Å²) < 4.78 is 26.6. The summed E-state index contributed by atoms with van der Waals surface area (Å²) in [5, 5.41) is 16.9. The van der Waals surface area contributed by atoms with Crippen molar-refractivity contribution in [2.75, 3.05) is 4.72 Å². The van der Waals surface area contributed by atoms with Gasteiger partial charge in [-0.2, -0.15) is 5.10 Å². The summed E-state index contributed by atoms with van der Waals surface area (Å²) in [4.78, 5) is 9.88. The zero-order valence-corrected chi connectivity index (χ0v) is 11.3. The molecule has 0 saturated heterocycles. The molecule has 0 fully saturated rings. The quantitative estimate of drug-likeness (QED) is 0.642. The van der Waals surface area contributed by atoms with Crippen molar-refractivity contribution in [2.45, 2.75) is 18.2 Å². The number of nitrogens with zero attached hydrogens (tertiary/aromatic N) is 2. The maximum Gasteiger partial charge on any atom is 0.269 e. The Bertz CT molecular complexity index is 721. The summed E-state index contributed by atoms with van der Waals surface area (Å²) in [6.45, 7) is 1.87. The van der Waals surface area contributed by atoms with Gasteiger partial charge in [-0.25, -0.2) is 8.42 Å². The van der Waals surface area contributed by atoms with E-state index in [0.29, 0.717) is 12.2 Å². The normalized spacial score (nSPS) is 11.2. The number of hydrogen-bond donors (Lipinski definition) is 2. The topological polar surface area (TPSA) is 118 Å². The zero-order chi connectivity index (χ0) is 14.8. The fourth-order valence-electron chi connectivity index (χ4n) is 1.61. The van der Waals surface area contributed by atoms with E-state index in [1.165, 1.54) is 18.3 Å². The van der Waals surface area contributed by atoms with E-state index in [0.717, 1.165) is 17.7 Å². The molecule has 1 aromatic heterocycles. The largest absolute Gasteiger partial charge is 0.269 e. The molecule has 2 aromatic rings. The Balaban J connectivity index is 2.28. The molecule has 0 atom stereocenters. The highest BCUT2D eigenvalue weighted by molar-refractivity contribution is 7.92. The van der Waals surface area contributed by atoms with Gasteiger partial charge in [0, 0.05) is 17.7 Å². The molecule has 0 saturated carbocycles. The average molecular weight is 296 g/mol. The van der Waals surface area contributed by atoms with Gasteiger partial charge in [-0.15, -0.1) is 0 Å². The van der Waals surface area contributed by atoms with Crippen LogP contribution >= 0.6 is 0 Å². The van der Waals surface area contributed by atoms with Crippen molar-refractivity contribution in [1.29, 1.82) is 0 Å². The number of non-ortho nitro benzene ring substituents is 1. The fourth-order valence-corrected chi connectivity index (χ4v) is 2.67. The summed E-state index contributed by atoms with van der Waals surface area (Å²) in [5.41, 5.74) is 0.565. The number of sulfonamides is 1. The second kappa shape index (κ2) is 5.29. The first kappa shape index (κ1) is 14.0. The van der Waals surface area contributed by atoms with Crippen LogP contribution in [0.1, 0.15) is 12.5 Å². The first-order chi connectivity index (χ1) is 9.44. The van der Waals surface area contributed by atoms with Crippen LogP contribution in [0.4, 0.5) is 11.5 Å². The molecule has 0 amide bonds. The van der Waals surface area contributed by atoms with Crippen molar-refractivity contribution in [3.05, 3.63) is 46.1 Å². The molecule has 1 heterocycles. The molecule has 0 aliphatic carbocycles. The Kier molecular flexibility index (Phi) is 3.70. The number of anilines is 1. The molecule has 0 spiro atoms. The van der Waals surface area contributed by atoms with Crippen LogP contribution in [0.3, 0.4) is 0 Å². The van der Waals surface area contributed by atoms with Crippen molar-refractivity contribution in [3.8, 4) is 0 Å². The summed E-state index contributed by atoms with van der Waals surface area (Å²) >= 11 is 0. The highest BCUT2D eigenvalue weighted by Gasteiger charge is 2.18. The Labute approximate surface area is 115 Å². The van der Waals surface area contributed by atoms with E-state index in [-0.39, 0.29) is 10.6 Å². The molecule has 2 rings (SSSR count). The Morgan fingerprint density at radius 3 is 2.55 bits per heavy atom. The standard InChI is InChI=1S/C11H12N4O4S/c1-2-8-7-12-13-11(8)14-20(18,19)10-5-3-9(4-6-10)15(16)17/h3-7H,2H2,1H3,(H2,12,13,14). The third-order valence-electron chi connectivity index (χ3n) is 2.69. The van der Waals surface area contributed by atoms with Crippen LogP contribution in [0.25, 0.3) is 0 Å². The highest BCUT2D eigenvalue weighted by atomic mass is 32.2. The lowest BCUT2D eigenvalue weighted by Crippen LogP contribution is -2.14. The number of benzene rings is 1. The van der Waals surface area contributed by atoms with Crippen LogP contribution in [0.5, 0.6) is 0 Å². The molecule has 0 bridgehead atoms. The van der Waals surface area contributed by atoms with E-state index in [1.54, 1.807) is 0 Å². The minimum atomic E-state index is -3.80. The third-order valence-corrected chi connectivity index (χ3v) is 4.06. The minimum absolute atomic E-state index is 0.0558. The summed E-state index contributed by atoms with van der Waals surface area (Å²) in [6, 6.07) is 4.65. The van der Waals surface area contributed by atoms with Crippen LogP contribution < -0.4 is 4.72 Å². The number of nitro groups is 1. The first-order valence-corrected chi connectivity index (χ1v) is 7.22. The molecule has 2 N–H and O–H groups in total. The second-order valence-electron chi connectivity index (χ2n) is 3.98. The van der Waals surface area contributed by atoms with E-state index in [9.17, 15) is 18.5 Å². The highest BCUT2D eigenvalue weighted by Crippen LogP contribution is 2.20. The van der Waals surface area contributed by atoms with E-state index < -0.39 is 14.9 Å². The smallest absolute Gasteiger partial charge is 0.264 e.